The smallest absolute Gasteiger partial charge is 0.311 e. The minimum Gasteiger partial charge on any atom is -0.485 e. The highest BCUT2D eigenvalue weighted by Gasteiger charge is 2.27. The number of ether oxygens (including phenoxy) is 3. The van der Waals surface area contributed by atoms with Gasteiger partial charge in [0.1, 0.15) is 6.61 Å². The maximum absolute atomic E-state index is 12.2. The largest absolute Gasteiger partial charge is 0.485 e. The fourth-order valence-corrected chi connectivity index (χ4v) is 3.13. The molecule has 9 nitrogen and oxygen atoms in total. The van der Waals surface area contributed by atoms with Crippen molar-refractivity contribution in [3.8, 4) is 11.5 Å². The molecule has 2 heterocycles. The Morgan fingerprint density at radius 2 is 2.07 bits per heavy atom. The van der Waals surface area contributed by atoms with Crippen LogP contribution in [0.4, 0.5) is 5.13 Å². The van der Waals surface area contributed by atoms with E-state index >= 15 is 0 Å². The molecule has 2 N–H and O–H groups in total. The number of hydrogen-bond acceptors (Lipinski definition) is 8. The molecule has 0 saturated carbocycles. The lowest BCUT2D eigenvalue weighted by atomic mass is 10.2. The molecule has 0 radical (unpaired) electrons. The van der Waals surface area contributed by atoms with Gasteiger partial charge < -0.3 is 24.8 Å². The van der Waals surface area contributed by atoms with Gasteiger partial charge in [0.2, 0.25) is 12.0 Å². The number of hydrogen-bond donors (Lipinski definition) is 2. The number of para-hydroxylation sites is 2. The third-order valence-electron chi connectivity index (χ3n) is 3.65. The fraction of sp³-hybridized carbons (Fsp3) is 0.333. The lowest BCUT2D eigenvalue weighted by Crippen LogP contribution is -2.46. The molecule has 1 atom stereocenters. The molecule has 0 unspecified atom stereocenters. The standard InChI is InChI=1S/C18H19N3O6S/c1-2-25-16(23)7-11-10-28-18(20-11)21-15(22)8-19-17(24)14-9-26-12-5-3-4-6-13(12)27-14/h3-6,10,14H,2,7-9H2,1H3,(H,19,24)(H,20,21,22)/t14-/m1/s1. The summed E-state index contributed by atoms with van der Waals surface area (Å²) in [5.74, 6) is -0.217. The average molecular weight is 405 g/mol. The number of carbonyl (C=O) groups excluding carboxylic acids is 3. The Kier molecular flexibility index (Phi) is 6.43. The number of fused-ring (bicyclic) bond motifs is 1. The maximum Gasteiger partial charge on any atom is 0.311 e. The van der Waals surface area contributed by atoms with Crippen molar-refractivity contribution in [2.24, 2.45) is 0 Å². The Bertz CT molecular complexity index is 869. The molecule has 148 valence electrons. The molecule has 2 amide bonds. The number of amides is 2. The summed E-state index contributed by atoms with van der Waals surface area (Å²) < 4.78 is 15.9. The second kappa shape index (κ2) is 9.18. The third-order valence-corrected chi connectivity index (χ3v) is 4.46. The maximum atomic E-state index is 12.2. The summed E-state index contributed by atoms with van der Waals surface area (Å²) in [5, 5.41) is 7.08. The van der Waals surface area contributed by atoms with Gasteiger partial charge in [0.15, 0.2) is 16.6 Å². The molecule has 3 rings (SSSR count). The van der Waals surface area contributed by atoms with Crippen LogP contribution in [0.15, 0.2) is 29.6 Å². The molecular formula is C18H19N3O6S. The molecule has 0 fully saturated rings. The topological polar surface area (TPSA) is 116 Å². The van der Waals surface area contributed by atoms with E-state index in [1.165, 1.54) is 11.3 Å². The first kappa shape index (κ1) is 19.6. The molecule has 0 bridgehead atoms. The van der Waals surface area contributed by atoms with Crippen LogP contribution in [0.25, 0.3) is 0 Å². The molecule has 1 aliphatic heterocycles. The first-order valence-corrected chi connectivity index (χ1v) is 9.49. The van der Waals surface area contributed by atoms with Crippen LogP contribution in [-0.2, 0) is 25.5 Å². The summed E-state index contributed by atoms with van der Waals surface area (Å²) in [6.45, 7) is 1.84. The SMILES string of the molecule is CCOC(=O)Cc1csc(NC(=O)CNC(=O)[C@H]2COc3ccccc3O2)n1. The summed E-state index contributed by atoms with van der Waals surface area (Å²) >= 11 is 1.18. The molecule has 28 heavy (non-hydrogen) atoms. The minimum atomic E-state index is -0.834. The summed E-state index contributed by atoms with van der Waals surface area (Å²) in [4.78, 5) is 39.8. The van der Waals surface area contributed by atoms with Crippen molar-refractivity contribution in [2.45, 2.75) is 19.4 Å². The number of aromatic nitrogens is 1. The van der Waals surface area contributed by atoms with E-state index in [0.29, 0.717) is 28.9 Å². The van der Waals surface area contributed by atoms with Crippen molar-refractivity contribution in [1.29, 1.82) is 0 Å². The lowest BCUT2D eigenvalue weighted by Gasteiger charge is -2.25. The molecule has 1 aliphatic rings. The van der Waals surface area contributed by atoms with Gasteiger partial charge in [-0.25, -0.2) is 4.98 Å². The van der Waals surface area contributed by atoms with E-state index in [1.807, 2.05) is 6.07 Å². The van der Waals surface area contributed by atoms with Gasteiger partial charge in [0.25, 0.3) is 5.91 Å². The highest BCUT2D eigenvalue weighted by molar-refractivity contribution is 7.13. The number of thiazole rings is 1. The first-order valence-electron chi connectivity index (χ1n) is 8.61. The van der Waals surface area contributed by atoms with Crippen molar-refractivity contribution >= 4 is 34.3 Å². The Labute approximate surface area is 165 Å². The molecule has 0 spiro atoms. The number of benzene rings is 1. The molecule has 0 aliphatic carbocycles. The second-order valence-electron chi connectivity index (χ2n) is 5.76. The Morgan fingerprint density at radius 1 is 1.29 bits per heavy atom. The third kappa shape index (κ3) is 5.19. The zero-order valence-corrected chi connectivity index (χ0v) is 15.9. The summed E-state index contributed by atoms with van der Waals surface area (Å²) in [6, 6.07) is 7.04. The number of carbonyl (C=O) groups is 3. The first-order chi connectivity index (χ1) is 13.5. The lowest BCUT2D eigenvalue weighted by molar-refractivity contribution is -0.142. The van der Waals surface area contributed by atoms with Gasteiger partial charge in [-0.15, -0.1) is 11.3 Å². The minimum absolute atomic E-state index is 0.0391. The highest BCUT2D eigenvalue weighted by atomic mass is 32.1. The number of esters is 1. The Morgan fingerprint density at radius 3 is 2.86 bits per heavy atom. The monoisotopic (exact) mass is 405 g/mol. The van der Waals surface area contributed by atoms with Gasteiger partial charge in [-0.05, 0) is 19.1 Å². The number of rotatable bonds is 7. The zero-order chi connectivity index (χ0) is 19.9. The van der Waals surface area contributed by atoms with E-state index in [2.05, 4.69) is 15.6 Å². The van der Waals surface area contributed by atoms with Crippen molar-refractivity contribution < 1.29 is 28.6 Å². The zero-order valence-electron chi connectivity index (χ0n) is 15.1. The van der Waals surface area contributed by atoms with E-state index in [-0.39, 0.29) is 25.5 Å². The van der Waals surface area contributed by atoms with Crippen LogP contribution in [-0.4, -0.2) is 48.6 Å². The number of nitrogens with one attached hydrogen (secondary N) is 2. The van der Waals surface area contributed by atoms with E-state index in [0.717, 1.165) is 0 Å². The summed E-state index contributed by atoms with van der Waals surface area (Å²) in [5.41, 5.74) is 0.509. The molecular weight excluding hydrogens is 386 g/mol. The van der Waals surface area contributed by atoms with E-state index < -0.39 is 17.9 Å². The summed E-state index contributed by atoms with van der Waals surface area (Å²) in [7, 11) is 0. The van der Waals surface area contributed by atoms with Gasteiger partial charge in [-0.3, -0.25) is 14.4 Å². The van der Waals surface area contributed by atoms with Crippen LogP contribution in [0, 0.1) is 0 Å². The second-order valence-corrected chi connectivity index (χ2v) is 6.61. The molecule has 0 saturated heterocycles. The van der Waals surface area contributed by atoms with Crippen LogP contribution in [0.3, 0.4) is 0 Å². The quantitative estimate of drug-likeness (QED) is 0.664. The predicted molar refractivity (Wildman–Crippen MR) is 100 cm³/mol. The normalized spacial score (nSPS) is 14.8. The Balaban J connectivity index is 1.44. The van der Waals surface area contributed by atoms with Gasteiger partial charge in [-0.1, -0.05) is 12.1 Å². The molecule has 10 heteroatoms. The number of nitrogens with zero attached hydrogens (tertiary/aromatic N) is 1. The predicted octanol–water partition coefficient (Wildman–Crippen LogP) is 1.14. The van der Waals surface area contributed by atoms with Crippen molar-refractivity contribution in [2.75, 3.05) is 25.1 Å². The van der Waals surface area contributed by atoms with Crippen molar-refractivity contribution in [3.05, 3.63) is 35.3 Å². The van der Waals surface area contributed by atoms with Crippen LogP contribution >= 0.6 is 11.3 Å². The molecule has 1 aromatic heterocycles. The van der Waals surface area contributed by atoms with Crippen molar-refractivity contribution in [3.63, 3.8) is 0 Å². The summed E-state index contributed by atoms with van der Waals surface area (Å²) in [6.07, 6.45) is -0.795. The highest BCUT2D eigenvalue weighted by Crippen LogP contribution is 2.30. The Hall–Kier alpha value is -3.14. The van der Waals surface area contributed by atoms with E-state index in [1.54, 1.807) is 30.5 Å². The van der Waals surface area contributed by atoms with Crippen LogP contribution < -0.4 is 20.1 Å². The van der Waals surface area contributed by atoms with E-state index in [9.17, 15) is 14.4 Å². The van der Waals surface area contributed by atoms with Crippen LogP contribution in [0.2, 0.25) is 0 Å². The van der Waals surface area contributed by atoms with Crippen LogP contribution in [0.5, 0.6) is 11.5 Å². The molecule has 1 aromatic carbocycles. The molecule has 2 aromatic rings. The fourth-order valence-electron chi connectivity index (χ4n) is 2.40. The van der Waals surface area contributed by atoms with Crippen LogP contribution in [0.1, 0.15) is 12.6 Å². The van der Waals surface area contributed by atoms with Crippen molar-refractivity contribution in [1.82, 2.24) is 10.3 Å². The van der Waals surface area contributed by atoms with Gasteiger partial charge in [-0.2, -0.15) is 0 Å². The number of anilines is 1. The van der Waals surface area contributed by atoms with E-state index in [4.69, 9.17) is 14.2 Å². The van der Waals surface area contributed by atoms with Gasteiger partial charge >= 0.3 is 5.97 Å². The van der Waals surface area contributed by atoms with Gasteiger partial charge in [0.05, 0.1) is 25.3 Å². The van der Waals surface area contributed by atoms with Gasteiger partial charge in [0, 0.05) is 5.38 Å². The average Bonchev–Trinajstić information content (AvgIpc) is 3.12.